The quantitative estimate of drug-likeness (QED) is 0.768. The maximum atomic E-state index is 12.3. The van der Waals surface area contributed by atoms with Crippen LogP contribution in [0.25, 0.3) is 0 Å². The van der Waals surface area contributed by atoms with Gasteiger partial charge < -0.3 is 9.32 Å². The SMILES string of the molecule is Cc1nc(C)c(C(=O)N(CCCl)CC(F)F)o1. The normalized spacial score (nSPS) is 10.9. The number of aryl methyl sites for hydroxylation is 2. The van der Waals surface area contributed by atoms with Gasteiger partial charge in [0, 0.05) is 19.3 Å². The molecular weight excluding hydrogens is 254 g/mol. The van der Waals surface area contributed by atoms with E-state index in [1.54, 1.807) is 13.8 Å². The minimum absolute atomic E-state index is 0.00623. The maximum absolute atomic E-state index is 12.3. The number of rotatable bonds is 5. The molecule has 4 nitrogen and oxygen atoms in total. The molecule has 0 saturated carbocycles. The highest BCUT2D eigenvalue weighted by Crippen LogP contribution is 2.13. The van der Waals surface area contributed by atoms with Crippen LogP contribution in [-0.2, 0) is 0 Å². The lowest BCUT2D eigenvalue weighted by atomic mass is 10.3. The van der Waals surface area contributed by atoms with Crippen molar-refractivity contribution >= 4 is 17.5 Å². The van der Waals surface area contributed by atoms with Gasteiger partial charge in [0.25, 0.3) is 12.3 Å². The van der Waals surface area contributed by atoms with E-state index in [4.69, 9.17) is 16.0 Å². The Morgan fingerprint density at radius 3 is 2.59 bits per heavy atom. The second-order valence-corrected chi connectivity index (χ2v) is 3.86. The third-order valence-corrected chi connectivity index (χ3v) is 2.27. The molecule has 0 spiro atoms. The molecule has 17 heavy (non-hydrogen) atoms. The highest BCUT2D eigenvalue weighted by Gasteiger charge is 2.24. The first-order valence-corrected chi connectivity index (χ1v) is 5.56. The van der Waals surface area contributed by atoms with Crippen LogP contribution in [-0.4, -0.2) is 41.2 Å². The molecule has 0 aromatic carbocycles. The Balaban J connectivity index is 2.87. The van der Waals surface area contributed by atoms with Gasteiger partial charge in [0.05, 0.1) is 12.2 Å². The minimum Gasteiger partial charge on any atom is -0.436 e. The van der Waals surface area contributed by atoms with E-state index < -0.39 is 18.9 Å². The number of aromatic nitrogens is 1. The van der Waals surface area contributed by atoms with Gasteiger partial charge in [-0.2, -0.15) is 0 Å². The summed E-state index contributed by atoms with van der Waals surface area (Å²) in [7, 11) is 0. The largest absolute Gasteiger partial charge is 0.436 e. The zero-order chi connectivity index (χ0) is 13.0. The summed E-state index contributed by atoms with van der Waals surface area (Å²) in [5.41, 5.74) is 0.390. The van der Waals surface area contributed by atoms with Crippen molar-refractivity contribution in [1.82, 2.24) is 9.88 Å². The van der Waals surface area contributed by atoms with Crippen molar-refractivity contribution in [3.05, 3.63) is 17.3 Å². The molecule has 7 heteroatoms. The summed E-state index contributed by atoms with van der Waals surface area (Å²) in [5, 5.41) is 0. The molecule has 1 amide bonds. The molecule has 0 N–H and O–H groups in total. The van der Waals surface area contributed by atoms with E-state index in [0.717, 1.165) is 4.90 Å². The summed E-state index contributed by atoms with van der Waals surface area (Å²) in [6, 6.07) is 0. The van der Waals surface area contributed by atoms with Crippen LogP contribution in [0.3, 0.4) is 0 Å². The van der Waals surface area contributed by atoms with Crippen LogP contribution in [0.2, 0.25) is 0 Å². The molecule has 0 bridgehead atoms. The van der Waals surface area contributed by atoms with Gasteiger partial charge in [-0.3, -0.25) is 4.79 Å². The number of carbonyl (C=O) groups is 1. The monoisotopic (exact) mass is 266 g/mol. The molecule has 0 atom stereocenters. The third-order valence-electron chi connectivity index (χ3n) is 2.10. The summed E-state index contributed by atoms with van der Waals surface area (Å²) in [4.78, 5) is 16.8. The second-order valence-electron chi connectivity index (χ2n) is 3.48. The molecule has 1 aromatic rings. The molecule has 0 aliphatic rings. The lowest BCUT2D eigenvalue weighted by Crippen LogP contribution is -2.36. The lowest BCUT2D eigenvalue weighted by molar-refractivity contribution is 0.0542. The van der Waals surface area contributed by atoms with E-state index in [2.05, 4.69) is 4.98 Å². The number of hydrogen-bond donors (Lipinski definition) is 0. The van der Waals surface area contributed by atoms with Crippen LogP contribution in [0.15, 0.2) is 4.42 Å². The van der Waals surface area contributed by atoms with E-state index in [9.17, 15) is 13.6 Å². The number of amides is 1. The Labute approximate surface area is 103 Å². The number of carbonyl (C=O) groups excluding carboxylic acids is 1. The molecule has 0 aliphatic carbocycles. The lowest BCUT2D eigenvalue weighted by Gasteiger charge is -2.19. The summed E-state index contributed by atoms with van der Waals surface area (Å²) in [6.45, 7) is 2.56. The zero-order valence-corrected chi connectivity index (χ0v) is 10.3. The van der Waals surface area contributed by atoms with Gasteiger partial charge in [0.2, 0.25) is 5.76 Å². The number of alkyl halides is 3. The molecule has 96 valence electrons. The zero-order valence-electron chi connectivity index (χ0n) is 9.54. The highest BCUT2D eigenvalue weighted by molar-refractivity contribution is 6.18. The van der Waals surface area contributed by atoms with Crippen LogP contribution in [0.5, 0.6) is 0 Å². The minimum atomic E-state index is -2.61. The van der Waals surface area contributed by atoms with Gasteiger partial charge in [-0.25, -0.2) is 13.8 Å². The summed E-state index contributed by atoms with van der Waals surface area (Å²) >= 11 is 5.47. The van der Waals surface area contributed by atoms with Gasteiger partial charge in [-0.1, -0.05) is 0 Å². The van der Waals surface area contributed by atoms with E-state index in [1.165, 1.54) is 0 Å². The Kier molecular flexibility index (Phi) is 4.86. The van der Waals surface area contributed by atoms with E-state index >= 15 is 0 Å². The van der Waals surface area contributed by atoms with Crippen molar-refractivity contribution < 1.29 is 18.0 Å². The van der Waals surface area contributed by atoms with Gasteiger partial charge in [0.15, 0.2) is 5.89 Å². The van der Waals surface area contributed by atoms with Crippen LogP contribution in [0.4, 0.5) is 8.78 Å². The Morgan fingerprint density at radius 1 is 1.53 bits per heavy atom. The van der Waals surface area contributed by atoms with Crippen LogP contribution in [0.1, 0.15) is 22.1 Å². The number of oxazole rings is 1. The fourth-order valence-corrected chi connectivity index (χ4v) is 1.62. The van der Waals surface area contributed by atoms with Gasteiger partial charge in [-0.15, -0.1) is 11.6 Å². The third kappa shape index (κ3) is 3.66. The number of halogens is 3. The summed E-state index contributed by atoms with van der Waals surface area (Å²) in [6.07, 6.45) is -2.61. The first kappa shape index (κ1) is 13.9. The first-order valence-electron chi connectivity index (χ1n) is 5.03. The first-order chi connectivity index (χ1) is 7.95. The van der Waals surface area contributed by atoms with Crippen molar-refractivity contribution in [1.29, 1.82) is 0 Å². The molecule has 1 rings (SSSR count). The fourth-order valence-electron chi connectivity index (χ4n) is 1.42. The van der Waals surface area contributed by atoms with Gasteiger partial charge >= 0.3 is 0 Å². The van der Waals surface area contributed by atoms with Crippen LogP contribution in [0, 0.1) is 13.8 Å². The Hall–Kier alpha value is -1.17. The number of hydrogen-bond acceptors (Lipinski definition) is 3. The second kappa shape index (κ2) is 5.95. The standard InChI is InChI=1S/C10H13ClF2N2O2/c1-6-9(17-7(2)14-6)10(16)15(4-3-11)5-8(12)13/h8H,3-5H2,1-2H3. The molecule has 0 unspecified atom stereocenters. The van der Waals surface area contributed by atoms with Crippen molar-refractivity contribution in [2.75, 3.05) is 19.0 Å². The van der Waals surface area contributed by atoms with E-state index in [-0.39, 0.29) is 18.2 Å². The average Bonchev–Trinajstić information content (AvgIpc) is 2.55. The summed E-state index contributed by atoms with van der Waals surface area (Å²) in [5.74, 6) is -0.198. The van der Waals surface area contributed by atoms with Crippen LogP contribution >= 0.6 is 11.6 Å². The Bertz CT molecular complexity index is 396. The topological polar surface area (TPSA) is 46.3 Å². The molecule has 1 heterocycles. The van der Waals surface area contributed by atoms with E-state index in [1.807, 2.05) is 0 Å². The molecule has 0 aliphatic heterocycles. The van der Waals surface area contributed by atoms with Gasteiger partial charge in [-0.05, 0) is 6.92 Å². The predicted octanol–water partition coefficient (Wildman–Crippen LogP) is 2.24. The number of nitrogens with zero attached hydrogens (tertiary/aromatic N) is 2. The van der Waals surface area contributed by atoms with Crippen molar-refractivity contribution in [3.8, 4) is 0 Å². The van der Waals surface area contributed by atoms with Crippen molar-refractivity contribution in [3.63, 3.8) is 0 Å². The Morgan fingerprint density at radius 2 is 2.18 bits per heavy atom. The smallest absolute Gasteiger partial charge is 0.291 e. The van der Waals surface area contributed by atoms with E-state index in [0.29, 0.717) is 11.6 Å². The molecule has 0 fully saturated rings. The molecule has 1 aromatic heterocycles. The van der Waals surface area contributed by atoms with Gasteiger partial charge in [0.1, 0.15) is 0 Å². The summed E-state index contributed by atoms with van der Waals surface area (Å²) < 4.78 is 29.7. The van der Waals surface area contributed by atoms with Crippen molar-refractivity contribution in [2.45, 2.75) is 20.3 Å². The molecule has 0 saturated heterocycles. The van der Waals surface area contributed by atoms with Crippen LogP contribution < -0.4 is 0 Å². The maximum Gasteiger partial charge on any atom is 0.291 e. The molecular formula is C10H13ClF2N2O2. The molecule has 0 radical (unpaired) electrons. The highest BCUT2D eigenvalue weighted by atomic mass is 35.5. The average molecular weight is 267 g/mol. The fraction of sp³-hybridized carbons (Fsp3) is 0.600. The predicted molar refractivity (Wildman–Crippen MR) is 58.6 cm³/mol. The van der Waals surface area contributed by atoms with Crippen molar-refractivity contribution in [2.24, 2.45) is 0 Å².